The van der Waals surface area contributed by atoms with Crippen molar-refractivity contribution in [2.75, 3.05) is 17.2 Å². The number of carbonyl (C=O) groups is 1. The highest BCUT2D eigenvalue weighted by Gasteiger charge is 2.09. The topological polar surface area (TPSA) is 66.9 Å². The van der Waals surface area contributed by atoms with Gasteiger partial charge in [-0.2, -0.15) is 0 Å². The third-order valence-electron chi connectivity index (χ3n) is 2.38. The van der Waals surface area contributed by atoms with Crippen LogP contribution in [0.3, 0.4) is 0 Å². The van der Waals surface area contributed by atoms with Crippen LogP contribution >= 0.6 is 15.9 Å². The van der Waals surface area contributed by atoms with Crippen LogP contribution in [0.2, 0.25) is 0 Å². The first-order valence-corrected chi connectivity index (χ1v) is 6.73. The van der Waals surface area contributed by atoms with Crippen LogP contribution < -0.4 is 10.6 Å². The molecule has 6 heteroatoms. The summed E-state index contributed by atoms with van der Waals surface area (Å²) in [7, 11) is 0. The largest absolute Gasteiger partial charge is 0.351 e. The minimum Gasteiger partial charge on any atom is -0.351 e. The second kappa shape index (κ2) is 6.81. The molecule has 0 saturated carbocycles. The molecule has 1 heterocycles. The Morgan fingerprint density at radius 2 is 2.25 bits per heavy atom. The molecule has 0 aliphatic carbocycles. The first-order valence-electron chi connectivity index (χ1n) is 5.94. The summed E-state index contributed by atoms with van der Waals surface area (Å²) in [6.45, 7) is 4.13. The van der Waals surface area contributed by atoms with Crippen molar-refractivity contribution in [2.45, 2.75) is 0 Å². The number of hydrogen-bond donors (Lipinski definition) is 2. The van der Waals surface area contributed by atoms with E-state index in [9.17, 15) is 4.79 Å². The highest BCUT2D eigenvalue weighted by atomic mass is 79.9. The summed E-state index contributed by atoms with van der Waals surface area (Å²) in [4.78, 5) is 20.2. The van der Waals surface area contributed by atoms with Gasteiger partial charge in [-0.3, -0.25) is 4.79 Å². The Morgan fingerprint density at radius 1 is 1.40 bits per heavy atom. The number of benzene rings is 1. The van der Waals surface area contributed by atoms with E-state index in [4.69, 9.17) is 0 Å². The monoisotopic (exact) mass is 332 g/mol. The third-order valence-corrected chi connectivity index (χ3v) is 2.87. The molecule has 2 N–H and O–H groups in total. The van der Waals surface area contributed by atoms with E-state index in [1.807, 2.05) is 18.2 Å². The third kappa shape index (κ3) is 3.89. The maximum Gasteiger partial charge on any atom is 0.274 e. The van der Waals surface area contributed by atoms with Crippen molar-refractivity contribution in [1.29, 1.82) is 0 Å². The number of hydrogen-bond acceptors (Lipinski definition) is 4. The summed E-state index contributed by atoms with van der Waals surface area (Å²) in [6.07, 6.45) is 3.23. The van der Waals surface area contributed by atoms with Crippen molar-refractivity contribution < 1.29 is 4.79 Å². The van der Waals surface area contributed by atoms with Crippen molar-refractivity contribution in [2.24, 2.45) is 0 Å². The Labute approximate surface area is 125 Å². The van der Waals surface area contributed by atoms with Crippen LogP contribution in [0.1, 0.15) is 10.5 Å². The highest BCUT2D eigenvalue weighted by molar-refractivity contribution is 9.10. The van der Waals surface area contributed by atoms with Crippen LogP contribution in [-0.4, -0.2) is 22.4 Å². The molecular weight excluding hydrogens is 320 g/mol. The van der Waals surface area contributed by atoms with Gasteiger partial charge in [-0.1, -0.05) is 28.1 Å². The molecule has 1 aromatic carbocycles. The Hall–Kier alpha value is -2.21. The molecule has 102 valence electrons. The van der Waals surface area contributed by atoms with Crippen LogP contribution in [0.4, 0.5) is 11.6 Å². The molecule has 0 unspecified atom stereocenters. The quantitative estimate of drug-likeness (QED) is 0.825. The van der Waals surface area contributed by atoms with Crippen LogP contribution in [0, 0.1) is 0 Å². The highest BCUT2D eigenvalue weighted by Crippen LogP contribution is 2.16. The fourth-order valence-corrected chi connectivity index (χ4v) is 1.89. The second-order valence-corrected chi connectivity index (χ2v) is 4.82. The number of nitrogens with zero attached hydrogens (tertiary/aromatic N) is 2. The number of rotatable bonds is 5. The van der Waals surface area contributed by atoms with E-state index < -0.39 is 0 Å². The van der Waals surface area contributed by atoms with Gasteiger partial charge in [0.1, 0.15) is 5.69 Å². The lowest BCUT2D eigenvalue weighted by molar-refractivity contribution is 0.102. The number of amides is 1. The predicted molar refractivity (Wildman–Crippen MR) is 82.8 cm³/mol. The van der Waals surface area contributed by atoms with Gasteiger partial charge < -0.3 is 10.6 Å². The zero-order valence-corrected chi connectivity index (χ0v) is 12.2. The Balaban J connectivity index is 2.10. The lowest BCUT2D eigenvalue weighted by atomic mass is 10.3. The van der Waals surface area contributed by atoms with Crippen molar-refractivity contribution in [3.05, 3.63) is 59.4 Å². The number of carbonyl (C=O) groups excluding carboxylic acids is 1. The van der Waals surface area contributed by atoms with Crippen molar-refractivity contribution in [3.63, 3.8) is 0 Å². The minimum atomic E-state index is -0.285. The van der Waals surface area contributed by atoms with Gasteiger partial charge in [-0.05, 0) is 24.3 Å². The molecule has 0 fully saturated rings. The molecule has 0 aliphatic heterocycles. The maximum absolute atomic E-state index is 12.1. The van der Waals surface area contributed by atoms with Gasteiger partial charge in [0.25, 0.3) is 5.91 Å². The summed E-state index contributed by atoms with van der Waals surface area (Å²) in [5.41, 5.74) is 0.995. The van der Waals surface area contributed by atoms with Crippen LogP contribution in [0.15, 0.2) is 53.7 Å². The average Bonchev–Trinajstić information content (AvgIpc) is 2.45. The first-order chi connectivity index (χ1) is 9.69. The van der Waals surface area contributed by atoms with E-state index in [0.29, 0.717) is 23.9 Å². The lowest BCUT2D eigenvalue weighted by Gasteiger charge is -2.06. The van der Waals surface area contributed by atoms with E-state index in [0.717, 1.165) is 4.47 Å². The first kappa shape index (κ1) is 14.2. The maximum atomic E-state index is 12.1. The Kier molecular flexibility index (Phi) is 4.84. The van der Waals surface area contributed by atoms with E-state index in [2.05, 4.69) is 43.1 Å². The van der Waals surface area contributed by atoms with Crippen molar-refractivity contribution in [1.82, 2.24) is 9.97 Å². The van der Waals surface area contributed by atoms with E-state index >= 15 is 0 Å². The van der Waals surface area contributed by atoms with Gasteiger partial charge in [0.05, 0.1) is 0 Å². The number of aromatic nitrogens is 2. The molecule has 1 amide bonds. The van der Waals surface area contributed by atoms with Gasteiger partial charge in [0.2, 0.25) is 5.95 Å². The Morgan fingerprint density at radius 3 is 3.00 bits per heavy atom. The SMILES string of the molecule is C=CCNc1nccc(C(=O)Nc2cccc(Br)c2)n1. The molecule has 2 rings (SSSR count). The van der Waals surface area contributed by atoms with Gasteiger partial charge in [0.15, 0.2) is 0 Å². The molecule has 0 saturated heterocycles. The molecule has 0 aliphatic rings. The summed E-state index contributed by atoms with van der Waals surface area (Å²) in [6, 6.07) is 8.91. The van der Waals surface area contributed by atoms with Gasteiger partial charge in [0, 0.05) is 22.9 Å². The smallest absolute Gasteiger partial charge is 0.274 e. The fraction of sp³-hybridized carbons (Fsp3) is 0.0714. The van der Waals surface area contributed by atoms with Gasteiger partial charge in [-0.15, -0.1) is 6.58 Å². The summed E-state index contributed by atoms with van der Waals surface area (Å²) < 4.78 is 0.895. The zero-order valence-electron chi connectivity index (χ0n) is 10.6. The second-order valence-electron chi connectivity index (χ2n) is 3.90. The molecule has 2 aromatic rings. The van der Waals surface area contributed by atoms with E-state index in [-0.39, 0.29) is 5.91 Å². The molecule has 0 spiro atoms. The number of halogens is 1. The molecule has 0 radical (unpaired) electrons. The lowest BCUT2D eigenvalue weighted by Crippen LogP contribution is -2.15. The molecule has 1 aromatic heterocycles. The summed E-state index contributed by atoms with van der Waals surface area (Å²) >= 11 is 3.35. The summed E-state index contributed by atoms with van der Waals surface area (Å²) in [5.74, 6) is 0.110. The summed E-state index contributed by atoms with van der Waals surface area (Å²) in [5, 5.41) is 5.71. The van der Waals surface area contributed by atoms with Crippen LogP contribution in [0.25, 0.3) is 0 Å². The fourth-order valence-electron chi connectivity index (χ4n) is 1.50. The number of anilines is 2. The molecule has 0 bridgehead atoms. The zero-order chi connectivity index (χ0) is 14.4. The molecule has 5 nitrogen and oxygen atoms in total. The van der Waals surface area contributed by atoms with E-state index in [1.165, 1.54) is 6.20 Å². The van der Waals surface area contributed by atoms with Crippen LogP contribution in [-0.2, 0) is 0 Å². The minimum absolute atomic E-state index is 0.285. The Bertz CT molecular complexity index is 630. The molecule has 0 atom stereocenters. The van der Waals surface area contributed by atoms with E-state index in [1.54, 1.807) is 18.2 Å². The van der Waals surface area contributed by atoms with Crippen molar-refractivity contribution >= 4 is 33.5 Å². The number of nitrogens with one attached hydrogen (secondary N) is 2. The van der Waals surface area contributed by atoms with Crippen molar-refractivity contribution in [3.8, 4) is 0 Å². The van der Waals surface area contributed by atoms with Crippen LogP contribution in [0.5, 0.6) is 0 Å². The normalized spacial score (nSPS) is 9.85. The standard InChI is InChI=1S/C14H13BrN4O/c1-2-7-16-14-17-8-6-12(19-14)13(20)18-11-5-3-4-10(15)9-11/h2-6,8-9H,1,7H2,(H,18,20)(H,16,17,19). The molecule has 20 heavy (non-hydrogen) atoms. The molecular formula is C14H13BrN4O. The average molecular weight is 333 g/mol. The predicted octanol–water partition coefficient (Wildman–Crippen LogP) is 3.09. The van der Waals surface area contributed by atoms with Gasteiger partial charge in [-0.25, -0.2) is 9.97 Å². The van der Waals surface area contributed by atoms with Gasteiger partial charge >= 0.3 is 0 Å².